The van der Waals surface area contributed by atoms with Crippen molar-refractivity contribution in [1.29, 1.82) is 0 Å². The normalized spacial score (nSPS) is 13.0. The molecule has 7 heteroatoms. The van der Waals surface area contributed by atoms with Crippen LogP contribution in [0.3, 0.4) is 0 Å². The predicted molar refractivity (Wildman–Crippen MR) is 523 cm³/mol. The molecule has 120 heavy (non-hydrogen) atoms. The zero-order valence-electron chi connectivity index (χ0n) is 74.9. The summed E-state index contributed by atoms with van der Waals surface area (Å²) in [5, 5.41) is 5.61. The van der Waals surface area contributed by atoms with Gasteiger partial charge >= 0.3 is 0 Å². The second-order valence-corrected chi connectivity index (χ2v) is 41.8. The molecule has 0 aromatic heterocycles. The third-order valence-corrected chi connectivity index (χ3v) is 24.8. The van der Waals surface area contributed by atoms with Gasteiger partial charge in [0.1, 0.15) is 0 Å². The van der Waals surface area contributed by atoms with Crippen LogP contribution in [0, 0.1) is 0 Å². The molecule has 0 fully saturated rings. The van der Waals surface area contributed by atoms with Gasteiger partial charge < -0.3 is 19.6 Å². The summed E-state index contributed by atoms with van der Waals surface area (Å²) >= 11 is 7.91. The van der Waals surface area contributed by atoms with E-state index in [4.69, 9.17) is 11.6 Å². The summed E-state index contributed by atoms with van der Waals surface area (Å²) < 4.78 is 0. The molecule has 2 aliphatic heterocycles. The van der Waals surface area contributed by atoms with Crippen LogP contribution in [0.4, 0.5) is 68.2 Å². The van der Waals surface area contributed by atoms with Crippen molar-refractivity contribution in [3.63, 3.8) is 0 Å². The number of halogens is 1. The summed E-state index contributed by atoms with van der Waals surface area (Å²) in [6, 6.07) is 110. The van der Waals surface area contributed by atoms with Crippen LogP contribution in [-0.4, -0.2) is 6.71 Å². The monoisotopic (exact) mass is 1770 g/mol. The van der Waals surface area contributed by atoms with Gasteiger partial charge in [-0.05, 0) is 258 Å². The first-order valence-electron chi connectivity index (χ1n) is 42.6. The van der Waals surface area contributed by atoms with Crippen molar-refractivity contribution in [3.05, 3.63) is 341 Å². The molecule has 0 spiro atoms. The number of hydrogen-bond acceptors (Lipinski definition) is 4. The van der Waals surface area contributed by atoms with Crippen molar-refractivity contribution in [1.82, 2.24) is 0 Å². The zero-order valence-corrected chi connectivity index (χ0v) is 78.6. The average molecular weight is 1770 g/mol. The van der Waals surface area contributed by atoms with Gasteiger partial charge in [-0.15, -0.1) is 0 Å². The number of rotatable bonds is 10. The van der Waals surface area contributed by atoms with E-state index in [9.17, 15) is 0 Å². The molecule has 14 aromatic carbocycles. The van der Waals surface area contributed by atoms with Gasteiger partial charge in [-0.3, -0.25) is 0 Å². The van der Waals surface area contributed by atoms with Gasteiger partial charge in [0, 0.05) is 77.7 Å². The minimum absolute atomic E-state index is 0. The number of hydrogen-bond donors (Lipinski definition) is 0. The van der Waals surface area contributed by atoms with Crippen LogP contribution in [0.2, 0.25) is 5.02 Å². The van der Waals surface area contributed by atoms with E-state index in [1.54, 1.807) is 0 Å². The number of nitrogens with zero attached hydrogens (tertiary/aromatic N) is 4. The minimum atomic E-state index is -0.0492. The van der Waals surface area contributed by atoms with E-state index in [1.165, 1.54) is 128 Å². The first-order valence-corrected chi connectivity index (χ1v) is 43.0. The Bertz CT molecular complexity index is 6040. The third-order valence-electron chi connectivity index (χ3n) is 24.5. The molecule has 16 rings (SSSR count). The Kier molecular flexibility index (Phi) is 23.9. The number of fused-ring (bicyclic) bond motifs is 6. The van der Waals surface area contributed by atoms with E-state index in [0.29, 0.717) is 5.02 Å². The molecule has 2 aliphatic rings. The van der Waals surface area contributed by atoms with Crippen LogP contribution < -0.4 is 36.0 Å². The van der Waals surface area contributed by atoms with Gasteiger partial charge in [0.25, 0.3) is 6.71 Å². The van der Waals surface area contributed by atoms with E-state index in [-0.39, 0.29) is 78.5 Å². The van der Waals surface area contributed by atoms with Crippen LogP contribution in [0.5, 0.6) is 0 Å². The van der Waals surface area contributed by atoms with Crippen molar-refractivity contribution in [2.45, 2.75) is 217 Å². The molecule has 0 N–H and O–H groups in total. The molecule has 0 bridgehead atoms. The third kappa shape index (κ3) is 17.4. The van der Waals surface area contributed by atoms with Crippen LogP contribution in [0.15, 0.2) is 291 Å². The fourth-order valence-corrected chi connectivity index (χ4v) is 17.4. The van der Waals surface area contributed by atoms with Gasteiger partial charge in [-0.2, -0.15) is 0 Å². The maximum atomic E-state index is 7.91. The first-order chi connectivity index (χ1) is 55.5. The van der Waals surface area contributed by atoms with Gasteiger partial charge in [0.2, 0.25) is 0 Å². The topological polar surface area (TPSA) is 13.0 Å². The molecule has 0 amide bonds. The molecule has 0 saturated carbocycles. The van der Waals surface area contributed by atoms with Crippen molar-refractivity contribution >= 4 is 124 Å². The zero-order chi connectivity index (χ0) is 84.3. The fraction of sp³-hybridized carbons (Fsp3) is 0.292. The summed E-state index contributed by atoms with van der Waals surface area (Å²) in [7, 11) is 0. The molecule has 0 saturated heterocycles. The van der Waals surface area contributed by atoms with E-state index in [2.05, 4.69) is 477 Å². The van der Waals surface area contributed by atoms with Crippen molar-refractivity contribution < 1.29 is 21.1 Å². The summed E-state index contributed by atoms with van der Waals surface area (Å²) in [5.41, 5.74) is 32.8. The van der Waals surface area contributed by atoms with Crippen molar-refractivity contribution in [2.75, 3.05) is 19.6 Å². The summed E-state index contributed by atoms with van der Waals surface area (Å²) in [6.07, 6.45) is 0. The summed E-state index contributed by atoms with van der Waals surface area (Å²) in [5.74, 6) is 0. The Labute approximate surface area is 739 Å². The molecular weight excluding hydrogens is 1640 g/mol. The predicted octanol–water partition coefficient (Wildman–Crippen LogP) is 31.7. The Morgan fingerprint density at radius 2 is 0.567 bits per heavy atom. The maximum Gasteiger partial charge on any atom is 0.252 e. The van der Waals surface area contributed by atoms with Gasteiger partial charge in [0.15, 0.2) is 0 Å². The molecule has 0 atom stereocenters. The molecule has 0 radical (unpaired) electrons. The Balaban J connectivity index is 0.000000204. The second-order valence-electron chi connectivity index (χ2n) is 41.4. The molecule has 14 aromatic rings. The quantitative estimate of drug-likeness (QED) is 0.127. The van der Waals surface area contributed by atoms with Crippen LogP contribution in [0.25, 0.3) is 43.8 Å². The SMILES string of the molecule is C.CC(C)(C)c1ccc(N(c2ccc(C(C)(C)C)cc2)c2cccc(N(c3ccc(C(C)(C)C)cc3)c3ccc(C(C)(C)C)cc3-c3ccc4ccccc4c3)c2Cl)cc1.CC(C)(C)c1ccc(N2c3ccc(C(C)(C)C)cc3B3c4cc(C(C)(C)C)ccc4N(c4ccc(C(C)(C)C)cc4-c4ccc5ccccc5c4)c4cccc2c43)cc1.[W]. The van der Waals surface area contributed by atoms with Crippen LogP contribution in [-0.2, 0) is 64.4 Å². The standard InChI is InChI=1S/C56H59BN2.C56H61ClN2.CH4.W/c1-53(2,3)39-22-27-43(28-23-39)58-48-30-25-41(55(7,8)9)34-45(48)57-46-35-42(56(10,11)12)26-31-49(46)59(51-19-15-18-50(58)52(51)57)47-29-24-40(54(4,5)6)33-44(47)38-21-20-36-16-13-14-17-37(36)32-38;1-53(2,3)41-22-29-45(30-23-41)58(46-31-24-42(25-32-46)54(4,5)6)50-18-15-19-51(52(50)57)59(47-33-26-43(27-34-47)55(7,8)9)49-35-28-44(56(10,11)12)37-48(49)40-21-20-38-16-13-14-17-39(38)36-40;;/h13-35H,1-12H3;13-37H,1-12H3;1H4;. The fourth-order valence-electron chi connectivity index (χ4n) is 17.1. The van der Waals surface area contributed by atoms with Gasteiger partial charge in [-0.1, -0.05) is 355 Å². The average Bonchev–Trinajstić information content (AvgIpc) is 0.694. The molecule has 4 nitrogen and oxygen atoms in total. The maximum absolute atomic E-state index is 7.91. The van der Waals surface area contributed by atoms with Gasteiger partial charge in [0.05, 0.1) is 27.8 Å². The van der Waals surface area contributed by atoms with Crippen LogP contribution in [0.1, 0.15) is 218 Å². The second kappa shape index (κ2) is 32.7. The summed E-state index contributed by atoms with van der Waals surface area (Å²) in [6.45, 7) is 55.1. The largest absolute Gasteiger partial charge is 0.311 e. The molecule has 0 unspecified atom stereocenters. The van der Waals surface area contributed by atoms with E-state index in [1.807, 2.05) is 0 Å². The Hall–Kier alpha value is -10.2. The molecule has 2 heterocycles. The Morgan fingerprint density at radius 3 is 0.983 bits per heavy atom. The Morgan fingerprint density at radius 1 is 0.250 bits per heavy atom. The minimum Gasteiger partial charge on any atom is -0.311 e. The molecular formula is C113H124BClN4W. The first kappa shape index (κ1) is 87.7. The smallest absolute Gasteiger partial charge is 0.252 e. The number of benzene rings is 14. The van der Waals surface area contributed by atoms with E-state index >= 15 is 0 Å². The van der Waals surface area contributed by atoms with E-state index < -0.39 is 0 Å². The number of anilines is 12. The van der Waals surface area contributed by atoms with Crippen molar-refractivity contribution in [2.24, 2.45) is 0 Å². The molecule has 0 aliphatic carbocycles. The van der Waals surface area contributed by atoms with Crippen molar-refractivity contribution in [3.8, 4) is 22.3 Å². The van der Waals surface area contributed by atoms with Crippen LogP contribution >= 0.6 is 11.6 Å². The van der Waals surface area contributed by atoms with Gasteiger partial charge in [-0.25, -0.2) is 0 Å². The summed E-state index contributed by atoms with van der Waals surface area (Å²) in [4.78, 5) is 9.79. The molecule has 612 valence electrons. The van der Waals surface area contributed by atoms with E-state index in [0.717, 1.165) is 45.3 Å².